The van der Waals surface area contributed by atoms with Gasteiger partial charge >= 0.3 is 0 Å². The van der Waals surface area contributed by atoms with Crippen LogP contribution in [0.1, 0.15) is 6.92 Å². The first-order valence-corrected chi connectivity index (χ1v) is 5.91. The molecular formula is C7H9N3O3S2. The fraction of sp³-hybridized carbons (Fsp3) is 0.714. The Bertz CT molecular complexity index is 286. The van der Waals surface area contributed by atoms with Gasteiger partial charge in [-0.25, -0.2) is 0 Å². The number of hydrogen-bond donors (Lipinski definition) is 0. The van der Waals surface area contributed by atoms with Crippen molar-refractivity contribution in [1.82, 2.24) is 0 Å². The molecule has 0 aliphatic rings. The van der Waals surface area contributed by atoms with Gasteiger partial charge in [0.2, 0.25) is 0 Å². The van der Waals surface area contributed by atoms with Crippen LogP contribution in [0, 0.1) is 37.4 Å². The maximum Gasteiger partial charge on any atom is 0.294 e. The van der Waals surface area contributed by atoms with Gasteiger partial charge in [0, 0.05) is 11.5 Å². The van der Waals surface area contributed by atoms with Gasteiger partial charge in [-0.2, -0.15) is 10.5 Å². The third-order valence-electron chi connectivity index (χ3n) is 1.58. The summed E-state index contributed by atoms with van der Waals surface area (Å²) in [6.45, 7) is 1.75. The molecule has 2 unspecified atom stereocenters. The SMILES string of the molecule is CC(CSC#N)C(CSC#N)O[N+](=O)[O-]. The van der Waals surface area contributed by atoms with Gasteiger partial charge in [-0.05, 0) is 29.4 Å². The van der Waals surface area contributed by atoms with Crippen LogP contribution in [0.2, 0.25) is 0 Å². The van der Waals surface area contributed by atoms with Crippen LogP contribution in [0.5, 0.6) is 0 Å². The summed E-state index contributed by atoms with van der Waals surface area (Å²) in [4.78, 5) is 14.6. The second-order valence-electron chi connectivity index (χ2n) is 2.65. The van der Waals surface area contributed by atoms with Gasteiger partial charge in [-0.3, -0.25) is 0 Å². The molecule has 6 nitrogen and oxygen atoms in total. The van der Waals surface area contributed by atoms with E-state index in [1.165, 1.54) is 0 Å². The zero-order valence-electron chi connectivity index (χ0n) is 7.95. The van der Waals surface area contributed by atoms with E-state index < -0.39 is 11.2 Å². The molecule has 0 bridgehead atoms. The highest BCUT2D eigenvalue weighted by Crippen LogP contribution is 2.17. The molecule has 0 aromatic heterocycles. The zero-order chi connectivity index (χ0) is 11.7. The summed E-state index contributed by atoms with van der Waals surface area (Å²) in [5.41, 5.74) is 0. The minimum absolute atomic E-state index is 0.152. The van der Waals surface area contributed by atoms with Crippen LogP contribution in [-0.2, 0) is 4.84 Å². The first kappa shape index (κ1) is 13.9. The standard InChI is InChI=1S/C7H9N3O3S2/c1-6(2-14-4-8)7(3-15-5-9)13-10(11)12/h6-7H,2-3H2,1H3. The highest BCUT2D eigenvalue weighted by Gasteiger charge is 2.21. The molecule has 0 radical (unpaired) electrons. The van der Waals surface area contributed by atoms with Crippen molar-refractivity contribution >= 4 is 23.5 Å². The van der Waals surface area contributed by atoms with E-state index >= 15 is 0 Å². The maximum absolute atomic E-state index is 10.2. The average molecular weight is 247 g/mol. The second kappa shape index (κ2) is 8.21. The van der Waals surface area contributed by atoms with Crippen LogP contribution < -0.4 is 0 Å². The molecular weight excluding hydrogens is 238 g/mol. The Balaban J connectivity index is 4.15. The van der Waals surface area contributed by atoms with Crippen molar-refractivity contribution < 1.29 is 9.92 Å². The lowest BCUT2D eigenvalue weighted by Gasteiger charge is -2.18. The number of rotatable bonds is 7. The van der Waals surface area contributed by atoms with E-state index in [0.29, 0.717) is 5.75 Å². The van der Waals surface area contributed by atoms with Crippen LogP contribution in [-0.4, -0.2) is 22.7 Å². The third-order valence-corrected chi connectivity index (χ3v) is 3.02. The van der Waals surface area contributed by atoms with Crippen molar-refractivity contribution in [3.05, 3.63) is 10.1 Å². The van der Waals surface area contributed by atoms with Crippen LogP contribution >= 0.6 is 23.5 Å². The van der Waals surface area contributed by atoms with Crippen LogP contribution in [0.15, 0.2) is 0 Å². The van der Waals surface area contributed by atoms with Crippen molar-refractivity contribution in [3.63, 3.8) is 0 Å². The fourth-order valence-electron chi connectivity index (χ4n) is 0.805. The van der Waals surface area contributed by atoms with E-state index in [0.717, 1.165) is 23.5 Å². The molecule has 0 aromatic carbocycles. The summed E-state index contributed by atoms with van der Waals surface area (Å²) in [7, 11) is 0. The molecule has 0 rings (SSSR count). The quantitative estimate of drug-likeness (QED) is 0.383. The number of thiocyanates is 2. The molecule has 0 heterocycles. The molecule has 0 saturated carbocycles. The number of nitriles is 2. The van der Waals surface area contributed by atoms with Gasteiger partial charge in [0.1, 0.15) is 16.9 Å². The van der Waals surface area contributed by atoms with Crippen LogP contribution in [0.3, 0.4) is 0 Å². The van der Waals surface area contributed by atoms with Crippen molar-refractivity contribution in [1.29, 1.82) is 10.5 Å². The average Bonchev–Trinajstić information content (AvgIpc) is 2.20. The molecule has 0 aromatic rings. The minimum atomic E-state index is -0.865. The van der Waals surface area contributed by atoms with E-state index in [-0.39, 0.29) is 11.7 Å². The maximum atomic E-state index is 10.2. The zero-order valence-corrected chi connectivity index (χ0v) is 9.58. The predicted molar refractivity (Wildman–Crippen MR) is 57.2 cm³/mol. The van der Waals surface area contributed by atoms with Crippen molar-refractivity contribution in [2.24, 2.45) is 5.92 Å². The molecule has 0 spiro atoms. The van der Waals surface area contributed by atoms with E-state index in [2.05, 4.69) is 4.84 Å². The lowest BCUT2D eigenvalue weighted by molar-refractivity contribution is -0.768. The van der Waals surface area contributed by atoms with Crippen LogP contribution in [0.4, 0.5) is 0 Å². The van der Waals surface area contributed by atoms with Gasteiger partial charge in [-0.15, -0.1) is 10.1 Å². The topological polar surface area (TPSA) is 100.0 Å². The first-order valence-electron chi connectivity index (χ1n) is 3.94. The van der Waals surface area contributed by atoms with Crippen molar-refractivity contribution in [3.8, 4) is 10.8 Å². The van der Waals surface area contributed by atoms with E-state index in [4.69, 9.17) is 10.5 Å². The molecule has 82 valence electrons. The Kier molecular flexibility index (Phi) is 7.60. The minimum Gasteiger partial charge on any atom is -0.309 e. The van der Waals surface area contributed by atoms with Gasteiger partial charge in [0.15, 0.2) is 0 Å². The van der Waals surface area contributed by atoms with E-state index in [1.54, 1.807) is 6.92 Å². The highest BCUT2D eigenvalue weighted by molar-refractivity contribution is 8.04. The van der Waals surface area contributed by atoms with Gasteiger partial charge in [-0.1, -0.05) is 6.92 Å². The Morgan fingerprint density at radius 3 is 2.40 bits per heavy atom. The summed E-state index contributed by atoms with van der Waals surface area (Å²) in [5.74, 6) is 0.520. The predicted octanol–water partition coefficient (Wildman–Crippen LogP) is 1.63. The largest absolute Gasteiger partial charge is 0.309 e. The van der Waals surface area contributed by atoms with Gasteiger partial charge in [0.25, 0.3) is 5.09 Å². The fourth-order valence-corrected chi connectivity index (χ4v) is 1.98. The molecule has 0 aliphatic carbocycles. The van der Waals surface area contributed by atoms with Gasteiger partial charge < -0.3 is 4.84 Å². The smallest absolute Gasteiger partial charge is 0.294 e. The molecule has 8 heteroatoms. The summed E-state index contributed by atoms with van der Waals surface area (Å²) < 4.78 is 0. The lowest BCUT2D eigenvalue weighted by atomic mass is 10.1. The Labute approximate surface area is 95.7 Å². The third kappa shape index (κ3) is 6.89. The summed E-state index contributed by atoms with van der Waals surface area (Å²) in [5, 5.41) is 29.7. The molecule has 0 fully saturated rings. The Morgan fingerprint density at radius 2 is 1.93 bits per heavy atom. The second-order valence-corrected chi connectivity index (χ2v) is 4.26. The van der Waals surface area contributed by atoms with Crippen LogP contribution in [0.25, 0.3) is 0 Å². The molecule has 0 aliphatic heterocycles. The first-order chi connectivity index (χ1) is 7.11. The lowest BCUT2D eigenvalue weighted by Crippen LogP contribution is -2.28. The van der Waals surface area contributed by atoms with E-state index in [1.807, 2.05) is 10.8 Å². The number of hydrogen-bond acceptors (Lipinski definition) is 7. The molecule has 0 amide bonds. The number of thioether (sulfide) groups is 2. The summed E-state index contributed by atoms with van der Waals surface area (Å²) in [6.07, 6.45) is -0.648. The summed E-state index contributed by atoms with van der Waals surface area (Å²) >= 11 is 1.92. The van der Waals surface area contributed by atoms with E-state index in [9.17, 15) is 10.1 Å². The monoisotopic (exact) mass is 247 g/mol. The molecule has 15 heavy (non-hydrogen) atoms. The van der Waals surface area contributed by atoms with Crippen molar-refractivity contribution in [2.75, 3.05) is 11.5 Å². The number of nitrogens with zero attached hydrogens (tertiary/aromatic N) is 3. The molecule has 2 atom stereocenters. The normalized spacial score (nSPS) is 13.3. The Morgan fingerprint density at radius 1 is 1.40 bits per heavy atom. The Hall–Kier alpha value is -1.12. The molecule has 0 saturated heterocycles. The molecule has 0 N–H and O–H groups in total. The highest BCUT2D eigenvalue weighted by atomic mass is 32.2. The van der Waals surface area contributed by atoms with Gasteiger partial charge in [0.05, 0.1) is 0 Å². The summed E-state index contributed by atoms with van der Waals surface area (Å²) in [6, 6.07) is 0. The van der Waals surface area contributed by atoms with Crippen molar-refractivity contribution in [2.45, 2.75) is 13.0 Å².